The lowest BCUT2D eigenvalue weighted by Crippen LogP contribution is -2.67. The van der Waals surface area contributed by atoms with Gasteiger partial charge >= 0.3 is 6.18 Å². The van der Waals surface area contributed by atoms with Crippen molar-refractivity contribution in [1.82, 2.24) is 14.9 Å². The number of nitrogens with zero attached hydrogens (tertiary/aromatic N) is 6. The number of carbonyl (C=O) groups excluding carboxylic acids is 1. The van der Waals surface area contributed by atoms with Gasteiger partial charge in [0.15, 0.2) is 10.8 Å². The molecule has 2 spiro atoms. The molecule has 12 heteroatoms. The predicted octanol–water partition coefficient (Wildman–Crippen LogP) is 4.04. The van der Waals surface area contributed by atoms with Gasteiger partial charge in [0.2, 0.25) is 5.88 Å². The van der Waals surface area contributed by atoms with E-state index in [1.54, 1.807) is 23.2 Å². The van der Waals surface area contributed by atoms with Crippen molar-refractivity contribution in [2.24, 2.45) is 0 Å². The van der Waals surface area contributed by atoms with Gasteiger partial charge in [-0.05, 0) is 57.1 Å². The van der Waals surface area contributed by atoms with E-state index in [4.69, 9.17) is 22.2 Å². The van der Waals surface area contributed by atoms with Crippen molar-refractivity contribution in [3.63, 3.8) is 0 Å². The number of hydrogen-bond acceptors (Lipinski definition) is 7. The maximum atomic E-state index is 13.6. The number of anilines is 2. The fourth-order valence-electron chi connectivity index (χ4n) is 5.87. The molecule has 2 saturated carbocycles. The number of nitriles is 1. The molecular formula is C25H23F3N6O2S. The first-order valence-electron chi connectivity index (χ1n) is 12.1. The predicted molar refractivity (Wildman–Crippen MR) is 131 cm³/mol. The van der Waals surface area contributed by atoms with Crippen LogP contribution in [0.3, 0.4) is 0 Å². The quantitative estimate of drug-likeness (QED) is 0.550. The first kappa shape index (κ1) is 24.1. The molecule has 2 aromatic heterocycles. The molecule has 37 heavy (non-hydrogen) atoms. The standard InChI is InChI=1S/C25H23F3N6O2S/c1-32-8-7-23(32)10-17(11-23)36-20-4-3-15(13-31-20)34-22(37)33(21(35)24(34)5-2-6-24)16-9-18(25(26,27)28)19(12-29)30-14-16/h3-4,9,13-14,17H,2,5-8,10-11H2,1H3. The Kier molecular flexibility index (Phi) is 5.27. The molecule has 2 aliphatic heterocycles. The Morgan fingerprint density at radius 3 is 2.41 bits per heavy atom. The Hall–Kier alpha value is -3.30. The van der Waals surface area contributed by atoms with Gasteiger partial charge in [0.05, 0.1) is 29.3 Å². The van der Waals surface area contributed by atoms with Crippen LogP contribution in [0.5, 0.6) is 5.88 Å². The van der Waals surface area contributed by atoms with Crippen molar-refractivity contribution in [2.75, 3.05) is 23.4 Å². The average Bonchev–Trinajstić information content (AvgIpc) is 3.06. The van der Waals surface area contributed by atoms with Crippen LogP contribution in [0, 0.1) is 11.3 Å². The van der Waals surface area contributed by atoms with Crippen molar-refractivity contribution < 1.29 is 22.7 Å². The summed E-state index contributed by atoms with van der Waals surface area (Å²) in [5, 5.41) is 9.12. The van der Waals surface area contributed by atoms with E-state index >= 15 is 0 Å². The van der Waals surface area contributed by atoms with Crippen LogP contribution in [-0.4, -0.2) is 56.7 Å². The topological polar surface area (TPSA) is 85.6 Å². The summed E-state index contributed by atoms with van der Waals surface area (Å²) in [4.78, 5) is 26.8. The van der Waals surface area contributed by atoms with Crippen molar-refractivity contribution in [3.05, 3.63) is 41.9 Å². The second kappa shape index (κ2) is 8.10. The molecule has 8 nitrogen and oxygen atoms in total. The zero-order valence-electron chi connectivity index (χ0n) is 20.0. The third-order valence-electron chi connectivity index (χ3n) is 8.34. The number of hydrogen-bond donors (Lipinski definition) is 0. The summed E-state index contributed by atoms with van der Waals surface area (Å²) >= 11 is 5.63. The normalized spacial score (nSPS) is 26.6. The Balaban J connectivity index is 1.26. The van der Waals surface area contributed by atoms with Gasteiger partial charge < -0.3 is 14.5 Å². The van der Waals surface area contributed by atoms with Crippen LogP contribution in [0.25, 0.3) is 0 Å². The largest absolute Gasteiger partial charge is 0.474 e. The van der Waals surface area contributed by atoms with Crippen LogP contribution < -0.4 is 14.5 Å². The molecule has 2 saturated heterocycles. The molecule has 192 valence electrons. The van der Waals surface area contributed by atoms with Gasteiger partial charge in [-0.2, -0.15) is 18.4 Å². The Bertz CT molecular complexity index is 1330. The smallest absolute Gasteiger partial charge is 0.419 e. The lowest BCUT2D eigenvalue weighted by molar-refractivity contribution is -0.138. The summed E-state index contributed by atoms with van der Waals surface area (Å²) < 4.78 is 46.7. The number of pyridine rings is 2. The molecule has 0 radical (unpaired) electrons. The molecule has 6 rings (SSSR count). The minimum Gasteiger partial charge on any atom is -0.474 e. The number of aromatic nitrogens is 2. The number of carbonyl (C=O) groups is 1. The van der Waals surface area contributed by atoms with E-state index in [-0.39, 0.29) is 22.4 Å². The number of likely N-dealkylation sites (tertiary alicyclic amines) is 1. The van der Waals surface area contributed by atoms with E-state index in [1.165, 1.54) is 12.5 Å². The van der Waals surface area contributed by atoms with Crippen LogP contribution in [0.4, 0.5) is 24.5 Å². The lowest BCUT2D eigenvalue weighted by atomic mass is 9.66. The third-order valence-corrected chi connectivity index (χ3v) is 8.70. The van der Waals surface area contributed by atoms with E-state index in [9.17, 15) is 18.0 Å². The summed E-state index contributed by atoms with van der Waals surface area (Å²) in [5.41, 5.74) is -2.23. The van der Waals surface area contributed by atoms with Crippen molar-refractivity contribution in [3.8, 4) is 11.9 Å². The Labute approximate surface area is 216 Å². The monoisotopic (exact) mass is 528 g/mol. The van der Waals surface area contributed by atoms with E-state index < -0.39 is 28.9 Å². The Morgan fingerprint density at radius 2 is 1.89 bits per heavy atom. The van der Waals surface area contributed by atoms with Gasteiger partial charge in [-0.25, -0.2) is 9.97 Å². The molecule has 2 aromatic rings. The highest BCUT2D eigenvalue weighted by molar-refractivity contribution is 7.81. The molecule has 2 aliphatic carbocycles. The molecule has 0 aromatic carbocycles. The number of amides is 1. The number of alkyl halides is 3. The molecule has 0 unspecified atom stereocenters. The molecule has 4 heterocycles. The third kappa shape index (κ3) is 3.51. The summed E-state index contributed by atoms with van der Waals surface area (Å²) in [6.45, 7) is 1.11. The van der Waals surface area contributed by atoms with Crippen molar-refractivity contribution in [2.45, 2.75) is 61.9 Å². The highest BCUT2D eigenvalue weighted by Gasteiger charge is 2.60. The maximum Gasteiger partial charge on any atom is 0.419 e. The van der Waals surface area contributed by atoms with Gasteiger partial charge in [0, 0.05) is 31.0 Å². The molecule has 0 bridgehead atoms. The van der Waals surface area contributed by atoms with Gasteiger partial charge in [0.1, 0.15) is 17.7 Å². The fourth-order valence-corrected chi connectivity index (χ4v) is 6.34. The van der Waals surface area contributed by atoms with E-state index in [0.29, 0.717) is 24.4 Å². The number of ether oxygens (including phenoxy) is 1. The molecular weight excluding hydrogens is 505 g/mol. The Morgan fingerprint density at radius 1 is 1.16 bits per heavy atom. The summed E-state index contributed by atoms with van der Waals surface area (Å²) in [5.74, 6) is 0.0701. The minimum atomic E-state index is -4.81. The molecule has 4 fully saturated rings. The summed E-state index contributed by atoms with van der Waals surface area (Å²) in [6, 6.07) is 5.72. The van der Waals surface area contributed by atoms with E-state index in [0.717, 1.165) is 43.0 Å². The summed E-state index contributed by atoms with van der Waals surface area (Å²) in [7, 11) is 2.13. The summed E-state index contributed by atoms with van der Waals surface area (Å²) in [6.07, 6.45) is 2.88. The zero-order valence-corrected chi connectivity index (χ0v) is 20.8. The van der Waals surface area contributed by atoms with Gasteiger partial charge in [-0.1, -0.05) is 0 Å². The molecule has 0 atom stereocenters. The van der Waals surface area contributed by atoms with Crippen LogP contribution >= 0.6 is 12.2 Å². The number of halogens is 3. The van der Waals surface area contributed by atoms with Crippen LogP contribution in [0.2, 0.25) is 0 Å². The van der Waals surface area contributed by atoms with Crippen LogP contribution in [0.1, 0.15) is 49.8 Å². The molecule has 1 amide bonds. The van der Waals surface area contributed by atoms with E-state index in [2.05, 4.69) is 21.9 Å². The fraction of sp³-hybridized carbons (Fsp3) is 0.480. The molecule has 0 N–H and O–H groups in total. The SMILES string of the molecule is CN1CCC12CC(Oc1ccc(N3C(=S)N(c4cnc(C#N)c(C(F)(F)F)c4)C(=O)C34CCC4)cn1)C2. The maximum absolute atomic E-state index is 13.6. The average molecular weight is 529 g/mol. The number of thiocarbonyl (C=S) groups is 1. The molecule has 4 aliphatic rings. The van der Waals surface area contributed by atoms with Crippen LogP contribution in [0.15, 0.2) is 30.6 Å². The van der Waals surface area contributed by atoms with Gasteiger partial charge in [-0.3, -0.25) is 9.69 Å². The van der Waals surface area contributed by atoms with E-state index in [1.807, 2.05) is 0 Å². The van der Waals surface area contributed by atoms with Gasteiger partial charge in [-0.15, -0.1) is 0 Å². The number of rotatable bonds is 4. The second-order valence-electron chi connectivity index (χ2n) is 10.2. The lowest BCUT2D eigenvalue weighted by Gasteiger charge is -2.59. The first-order chi connectivity index (χ1) is 17.6. The second-order valence-corrected chi connectivity index (χ2v) is 10.6. The van der Waals surface area contributed by atoms with Crippen molar-refractivity contribution >= 4 is 34.6 Å². The van der Waals surface area contributed by atoms with Gasteiger partial charge in [0.25, 0.3) is 5.91 Å². The van der Waals surface area contributed by atoms with Crippen molar-refractivity contribution in [1.29, 1.82) is 5.26 Å². The first-order valence-corrected chi connectivity index (χ1v) is 12.5. The van der Waals surface area contributed by atoms with Crippen LogP contribution in [-0.2, 0) is 11.0 Å². The minimum absolute atomic E-state index is 0.0498. The zero-order chi connectivity index (χ0) is 26.2. The highest BCUT2D eigenvalue weighted by Crippen LogP contribution is 2.49. The highest BCUT2D eigenvalue weighted by atomic mass is 32.1.